The molecule has 2 aromatic carbocycles. The lowest BCUT2D eigenvalue weighted by atomic mass is 9.73. The van der Waals surface area contributed by atoms with Crippen molar-refractivity contribution in [2.75, 3.05) is 7.11 Å². The summed E-state index contributed by atoms with van der Waals surface area (Å²) in [6.45, 7) is 11.6. The van der Waals surface area contributed by atoms with Crippen LogP contribution in [0.3, 0.4) is 0 Å². The normalized spacial score (nSPS) is 13.6. The lowest BCUT2D eigenvalue weighted by Gasteiger charge is -2.36. The predicted molar refractivity (Wildman–Crippen MR) is 123 cm³/mol. The van der Waals surface area contributed by atoms with Crippen LogP contribution in [0.15, 0.2) is 48.8 Å². The third kappa shape index (κ3) is 5.03. The quantitative estimate of drug-likeness (QED) is 0.373. The Bertz CT molecular complexity index is 990. The molecule has 3 rings (SSSR count). The summed E-state index contributed by atoms with van der Waals surface area (Å²) < 4.78 is 21.3. The van der Waals surface area contributed by atoms with Gasteiger partial charge in [-0.05, 0) is 73.3 Å². The van der Waals surface area contributed by atoms with Crippen molar-refractivity contribution in [1.29, 1.82) is 0 Å². The molecule has 1 unspecified atom stereocenters. The van der Waals surface area contributed by atoms with Crippen LogP contribution in [0.4, 0.5) is 4.39 Å². The molecule has 0 aliphatic heterocycles. The van der Waals surface area contributed by atoms with Crippen molar-refractivity contribution >= 4 is 11.0 Å². The van der Waals surface area contributed by atoms with Crippen LogP contribution in [0, 0.1) is 16.6 Å². The van der Waals surface area contributed by atoms with Crippen LogP contribution in [-0.2, 0) is 6.42 Å². The molecule has 0 aliphatic rings. The first-order valence-electron chi connectivity index (χ1n) is 10.9. The van der Waals surface area contributed by atoms with E-state index in [2.05, 4.69) is 62.4 Å². The second-order valence-electron chi connectivity index (χ2n) is 9.94. The summed E-state index contributed by atoms with van der Waals surface area (Å²) in [6, 6.07) is 14.0. The van der Waals surface area contributed by atoms with E-state index < -0.39 is 0 Å². The highest BCUT2D eigenvalue weighted by atomic mass is 19.1. The molecular weight excluding hydrogens is 375 g/mol. The van der Waals surface area contributed by atoms with Crippen LogP contribution in [0.1, 0.15) is 65.5 Å². The minimum Gasteiger partial charge on any atom is -0.494 e. The van der Waals surface area contributed by atoms with Gasteiger partial charge in [-0.15, -0.1) is 0 Å². The average Bonchev–Trinajstić information content (AvgIpc) is 3.14. The molecule has 3 nitrogen and oxygen atoms in total. The molecule has 0 spiro atoms. The Kier molecular flexibility index (Phi) is 6.54. The first-order chi connectivity index (χ1) is 14.1. The second kappa shape index (κ2) is 8.79. The summed E-state index contributed by atoms with van der Waals surface area (Å²) in [4.78, 5) is 4.57. The molecule has 0 saturated carbocycles. The molecule has 1 aromatic heterocycles. The molecule has 0 bridgehead atoms. The second-order valence-corrected chi connectivity index (χ2v) is 9.94. The van der Waals surface area contributed by atoms with Gasteiger partial charge in [0.15, 0.2) is 11.6 Å². The smallest absolute Gasteiger partial charge is 0.165 e. The summed E-state index contributed by atoms with van der Waals surface area (Å²) in [5.74, 6) is 0.0242. The van der Waals surface area contributed by atoms with E-state index in [1.165, 1.54) is 12.6 Å². The van der Waals surface area contributed by atoms with Crippen molar-refractivity contribution in [3.05, 3.63) is 60.2 Å². The average molecular weight is 411 g/mol. The Hall–Kier alpha value is -2.36. The van der Waals surface area contributed by atoms with E-state index >= 15 is 0 Å². The largest absolute Gasteiger partial charge is 0.494 e. The Morgan fingerprint density at radius 2 is 1.77 bits per heavy atom. The number of nitrogens with zero attached hydrogens (tertiary/aromatic N) is 2. The van der Waals surface area contributed by atoms with Gasteiger partial charge in [-0.1, -0.05) is 45.9 Å². The fraction of sp³-hybridized carbons (Fsp3) is 0.500. The highest BCUT2D eigenvalue weighted by molar-refractivity contribution is 5.75. The van der Waals surface area contributed by atoms with Gasteiger partial charge < -0.3 is 9.30 Å². The lowest BCUT2D eigenvalue weighted by molar-refractivity contribution is 0.171. The first-order valence-corrected chi connectivity index (χ1v) is 10.9. The van der Waals surface area contributed by atoms with Crippen molar-refractivity contribution < 1.29 is 9.13 Å². The highest BCUT2D eigenvalue weighted by Gasteiger charge is 2.30. The number of rotatable bonds is 9. The molecule has 0 fully saturated rings. The number of para-hydroxylation sites is 2. The Labute approximate surface area is 180 Å². The summed E-state index contributed by atoms with van der Waals surface area (Å²) in [6.07, 6.45) is 6.11. The molecule has 0 saturated heterocycles. The van der Waals surface area contributed by atoms with Crippen LogP contribution >= 0.6 is 0 Å². The van der Waals surface area contributed by atoms with E-state index in [0.717, 1.165) is 36.8 Å². The zero-order valence-corrected chi connectivity index (χ0v) is 19.2. The van der Waals surface area contributed by atoms with Crippen LogP contribution in [-0.4, -0.2) is 16.7 Å². The summed E-state index contributed by atoms with van der Waals surface area (Å²) >= 11 is 0. The minimum atomic E-state index is -0.282. The Morgan fingerprint density at radius 3 is 2.47 bits per heavy atom. The SMILES string of the molecule is COc1ccc(CCC(C)(C)CCC(C)(C)C(C)n2cnc3ccccc32)cc1F. The maximum Gasteiger partial charge on any atom is 0.165 e. The van der Waals surface area contributed by atoms with Gasteiger partial charge in [0.05, 0.1) is 24.5 Å². The molecule has 1 atom stereocenters. The Morgan fingerprint density at radius 1 is 1.03 bits per heavy atom. The zero-order chi connectivity index (χ0) is 21.9. The molecule has 30 heavy (non-hydrogen) atoms. The molecule has 1 heterocycles. The third-order valence-electron chi connectivity index (χ3n) is 6.78. The predicted octanol–water partition coefficient (Wildman–Crippen LogP) is 7.21. The van der Waals surface area contributed by atoms with E-state index in [4.69, 9.17) is 4.74 Å². The van der Waals surface area contributed by atoms with Crippen molar-refractivity contribution in [3.8, 4) is 5.75 Å². The first kappa shape index (κ1) is 22.3. The van der Waals surface area contributed by atoms with Gasteiger partial charge in [0.1, 0.15) is 0 Å². The number of imidazole rings is 1. The van der Waals surface area contributed by atoms with Crippen molar-refractivity contribution in [3.63, 3.8) is 0 Å². The highest BCUT2D eigenvalue weighted by Crippen LogP contribution is 2.41. The van der Waals surface area contributed by atoms with Crippen LogP contribution in [0.25, 0.3) is 11.0 Å². The molecule has 3 aromatic rings. The minimum absolute atomic E-state index is 0.132. The molecule has 0 amide bonds. The number of benzene rings is 2. The lowest BCUT2D eigenvalue weighted by Crippen LogP contribution is -2.27. The number of ether oxygens (including phenoxy) is 1. The summed E-state index contributed by atoms with van der Waals surface area (Å²) in [7, 11) is 1.50. The van der Waals surface area contributed by atoms with Gasteiger partial charge in [-0.25, -0.2) is 9.37 Å². The van der Waals surface area contributed by atoms with Gasteiger partial charge >= 0.3 is 0 Å². The van der Waals surface area contributed by atoms with E-state index in [1.54, 1.807) is 12.1 Å². The maximum absolute atomic E-state index is 14.0. The van der Waals surface area contributed by atoms with Gasteiger partial charge in [0, 0.05) is 6.04 Å². The third-order valence-corrected chi connectivity index (χ3v) is 6.78. The summed E-state index contributed by atoms with van der Waals surface area (Å²) in [5, 5.41) is 0. The van der Waals surface area contributed by atoms with E-state index in [9.17, 15) is 4.39 Å². The number of aromatic nitrogens is 2. The molecule has 4 heteroatoms. The molecule has 0 N–H and O–H groups in total. The van der Waals surface area contributed by atoms with Crippen LogP contribution < -0.4 is 4.74 Å². The Balaban J connectivity index is 1.61. The van der Waals surface area contributed by atoms with Crippen LogP contribution in [0.2, 0.25) is 0 Å². The standard InChI is InChI=1S/C26H35FN2O/c1-19(29-18-28-22-9-7-8-10-23(22)29)26(4,5)16-15-25(2,3)14-13-20-11-12-24(30-6)21(27)17-20/h7-12,17-19H,13-16H2,1-6H3. The van der Waals surface area contributed by atoms with Gasteiger partial charge in [-0.2, -0.15) is 0 Å². The topological polar surface area (TPSA) is 27.1 Å². The van der Waals surface area contributed by atoms with Crippen molar-refractivity contribution in [2.45, 2.75) is 66.3 Å². The molecular formula is C26H35FN2O. The number of aryl methyl sites for hydroxylation is 1. The number of halogens is 1. The number of hydrogen-bond donors (Lipinski definition) is 0. The van der Waals surface area contributed by atoms with Crippen molar-refractivity contribution in [2.24, 2.45) is 10.8 Å². The fourth-order valence-corrected chi connectivity index (χ4v) is 4.01. The van der Waals surface area contributed by atoms with Crippen molar-refractivity contribution in [1.82, 2.24) is 9.55 Å². The fourth-order valence-electron chi connectivity index (χ4n) is 4.01. The van der Waals surface area contributed by atoms with Gasteiger partial charge in [0.2, 0.25) is 0 Å². The van der Waals surface area contributed by atoms with E-state index in [0.29, 0.717) is 11.8 Å². The van der Waals surface area contributed by atoms with E-state index in [-0.39, 0.29) is 16.6 Å². The maximum atomic E-state index is 14.0. The molecule has 0 radical (unpaired) electrons. The molecule has 162 valence electrons. The van der Waals surface area contributed by atoms with Crippen LogP contribution in [0.5, 0.6) is 5.75 Å². The van der Waals surface area contributed by atoms with Gasteiger partial charge in [0.25, 0.3) is 0 Å². The van der Waals surface area contributed by atoms with E-state index in [1.807, 2.05) is 18.5 Å². The number of fused-ring (bicyclic) bond motifs is 1. The van der Waals surface area contributed by atoms with Gasteiger partial charge in [-0.3, -0.25) is 0 Å². The number of methoxy groups -OCH3 is 1. The number of hydrogen-bond acceptors (Lipinski definition) is 2. The molecule has 0 aliphatic carbocycles. The summed E-state index contributed by atoms with van der Waals surface area (Å²) in [5.41, 5.74) is 3.59. The zero-order valence-electron chi connectivity index (χ0n) is 19.2. The monoisotopic (exact) mass is 410 g/mol.